The van der Waals surface area contributed by atoms with Crippen LogP contribution in [0.25, 0.3) is 11.1 Å². The maximum Gasteiger partial charge on any atom is 0.251 e. The minimum absolute atomic E-state index is 0.0312. The second-order valence-electron chi connectivity index (χ2n) is 6.22. The van der Waals surface area contributed by atoms with Crippen LogP contribution >= 0.6 is 0 Å². The highest BCUT2D eigenvalue weighted by molar-refractivity contribution is 5.94. The van der Waals surface area contributed by atoms with Crippen LogP contribution in [0.2, 0.25) is 0 Å². The molecule has 152 valence electrons. The molecule has 0 aromatic heterocycles. The highest BCUT2D eigenvalue weighted by Crippen LogP contribution is 2.23. The summed E-state index contributed by atoms with van der Waals surface area (Å²) in [6.07, 6.45) is -0.582. The van der Waals surface area contributed by atoms with E-state index in [2.05, 4.69) is 16.1 Å². The lowest BCUT2D eigenvalue weighted by Gasteiger charge is -2.24. The predicted molar refractivity (Wildman–Crippen MR) is 105 cm³/mol. The Bertz CT molecular complexity index is 722. The van der Waals surface area contributed by atoms with Gasteiger partial charge < -0.3 is 25.5 Å². The van der Waals surface area contributed by atoms with Gasteiger partial charge in [0.25, 0.3) is 5.91 Å². The van der Waals surface area contributed by atoms with E-state index in [9.17, 15) is 4.79 Å². The van der Waals surface area contributed by atoms with Crippen LogP contribution in [0.3, 0.4) is 0 Å². The van der Waals surface area contributed by atoms with Gasteiger partial charge in [0.2, 0.25) is 0 Å². The minimum atomic E-state index is -0.582. The van der Waals surface area contributed by atoms with E-state index < -0.39 is 12.2 Å². The molecule has 28 heavy (non-hydrogen) atoms. The topological polar surface area (TPSA) is 123 Å². The molecule has 0 heterocycles. The number of amides is 1. The third-order valence-corrected chi connectivity index (χ3v) is 4.17. The summed E-state index contributed by atoms with van der Waals surface area (Å²) in [7, 11) is 0. The number of rotatable bonds is 11. The largest absolute Gasteiger partial charge is 0.491 e. The molecule has 2 aromatic carbocycles. The molecule has 2 atom stereocenters. The molecule has 2 unspecified atom stereocenters. The number of aliphatic hydroxyl groups is 2. The molecule has 2 rings (SSSR count). The van der Waals surface area contributed by atoms with Crippen LogP contribution < -0.4 is 20.9 Å². The zero-order valence-corrected chi connectivity index (χ0v) is 15.8. The van der Waals surface area contributed by atoms with E-state index in [-0.39, 0.29) is 32.3 Å². The maximum absolute atomic E-state index is 12.4. The van der Waals surface area contributed by atoms with E-state index in [1.165, 1.54) is 0 Å². The van der Waals surface area contributed by atoms with Gasteiger partial charge in [0.05, 0.1) is 19.3 Å². The fourth-order valence-electron chi connectivity index (χ4n) is 2.65. The highest BCUT2D eigenvalue weighted by atomic mass is 16.5. The van der Waals surface area contributed by atoms with Crippen molar-refractivity contribution < 1.29 is 25.0 Å². The fourth-order valence-corrected chi connectivity index (χ4v) is 2.65. The Kier molecular flexibility index (Phi) is 8.86. The Labute approximate surface area is 164 Å². The minimum Gasteiger partial charge on any atom is -0.491 e. The van der Waals surface area contributed by atoms with Gasteiger partial charge in [-0.05, 0) is 42.3 Å². The Hall–Kier alpha value is -2.49. The van der Waals surface area contributed by atoms with Gasteiger partial charge in [-0.3, -0.25) is 10.1 Å². The van der Waals surface area contributed by atoms with Crippen molar-refractivity contribution in [1.82, 2.24) is 16.1 Å². The summed E-state index contributed by atoms with van der Waals surface area (Å²) in [6, 6.07) is 14.2. The van der Waals surface area contributed by atoms with Crippen LogP contribution in [0.5, 0.6) is 5.75 Å². The van der Waals surface area contributed by atoms with Crippen LogP contribution in [0.15, 0.2) is 48.5 Å². The molecule has 0 fully saturated rings. The van der Waals surface area contributed by atoms with Crippen molar-refractivity contribution in [2.24, 2.45) is 0 Å². The molecule has 0 saturated carbocycles. The summed E-state index contributed by atoms with van der Waals surface area (Å²) >= 11 is 0. The maximum atomic E-state index is 12.4. The van der Waals surface area contributed by atoms with E-state index >= 15 is 0 Å². The van der Waals surface area contributed by atoms with Gasteiger partial charge in [-0.25, -0.2) is 0 Å². The van der Waals surface area contributed by atoms with Crippen LogP contribution in [0.1, 0.15) is 17.3 Å². The van der Waals surface area contributed by atoms with Crippen molar-refractivity contribution in [3.05, 3.63) is 54.1 Å². The number of nitrogens with one attached hydrogen (secondary N) is 3. The smallest absolute Gasteiger partial charge is 0.251 e. The lowest BCUT2D eigenvalue weighted by atomic mass is 10.0. The van der Waals surface area contributed by atoms with E-state index in [0.717, 1.165) is 11.1 Å². The first-order valence-corrected chi connectivity index (χ1v) is 9.08. The third kappa shape index (κ3) is 6.29. The second kappa shape index (κ2) is 11.4. The fraction of sp³-hybridized carbons (Fsp3) is 0.350. The van der Waals surface area contributed by atoms with Crippen LogP contribution in [0.4, 0.5) is 0 Å². The molecule has 0 spiro atoms. The number of carbonyl (C=O) groups is 1. The first-order chi connectivity index (χ1) is 13.6. The first-order valence-electron chi connectivity index (χ1n) is 9.08. The highest BCUT2D eigenvalue weighted by Gasteiger charge is 2.18. The van der Waals surface area contributed by atoms with Gasteiger partial charge in [-0.2, -0.15) is 5.48 Å². The Morgan fingerprint density at radius 1 is 1.00 bits per heavy atom. The lowest BCUT2D eigenvalue weighted by Crippen LogP contribution is -2.55. The van der Waals surface area contributed by atoms with Gasteiger partial charge >= 0.3 is 0 Å². The number of carbonyl (C=O) groups excluding carboxylic acids is 1. The average molecular weight is 389 g/mol. The Morgan fingerprint density at radius 3 is 2.14 bits per heavy atom. The molecular weight excluding hydrogens is 362 g/mol. The summed E-state index contributed by atoms with van der Waals surface area (Å²) in [4.78, 5) is 12.4. The number of hydroxylamine groups is 1. The van der Waals surface area contributed by atoms with Crippen LogP contribution in [-0.2, 0) is 0 Å². The molecule has 0 radical (unpaired) electrons. The van der Waals surface area contributed by atoms with Crippen molar-refractivity contribution in [2.75, 3.05) is 26.4 Å². The molecule has 0 aliphatic heterocycles. The zero-order valence-electron chi connectivity index (χ0n) is 15.8. The quantitative estimate of drug-likeness (QED) is 0.247. The molecule has 0 aliphatic carbocycles. The zero-order chi connectivity index (χ0) is 20.4. The van der Waals surface area contributed by atoms with Crippen molar-refractivity contribution in [3.63, 3.8) is 0 Å². The van der Waals surface area contributed by atoms with Gasteiger partial charge in [0.1, 0.15) is 18.5 Å². The van der Waals surface area contributed by atoms with Crippen molar-refractivity contribution in [3.8, 4) is 16.9 Å². The molecule has 2 aromatic rings. The summed E-state index contributed by atoms with van der Waals surface area (Å²) in [5, 5.41) is 32.5. The molecule has 0 bridgehead atoms. The SMILES string of the molecule is CC(NC(=O)c1ccc(-c2ccc(OCCO)cc2)cc1)C(NO)NCCO. The van der Waals surface area contributed by atoms with Crippen molar-refractivity contribution in [1.29, 1.82) is 0 Å². The van der Waals surface area contributed by atoms with Crippen LogP contribution in [0, 0.1) is 0 Å². The van der Waals surface area contributed by atoms with E-state index in [1.807, 2.05) is 36.4 Å². The van der Waals surface area contributed by atoms with E-state index in [0.29, 0.717) is 11.3 Å². The van der Waals surface area contributed by atoms with Gasteiger partial charge in [0, 0.05) is 12.1 Å². The molecule has 0 saturated heterocycles. The van der Waals surface area contributed by atoms with Crippen molar-refractivity contribution in [2.45, 2.75) is 19.1 Å². The summed E-state index contributed by atoms with van der Waals surface area (Å²) < 4.78 is 5.34. The number of benzene rings is 2. The van der Waals surface area contributed by atoms with Crippen LogP contribution in [-0.4, -0.2) is 59.9 Å². The summed E-state index contributed by atoms with van der Waals surface area (Å²) in [5.41, 5.74) is 4.52. The molecule has 8 heteroatoms. The summed E-state index contributed by atoms with van der Waals surface area (Å²) in [5.74, 6) is 0.419. The first kappa shape index (κ1) is 21.8. The average Bonchev–Trinajstić information content (AvgIpc) is 2.73. The second-order valence-corrected chi connectivity index (χ2v) is 6.22. The predicted octanol–water partition coefficient (Wildman–Crippen LogP) is 0.730. The van der Waals surface area contributed by atoms with E-state index in [4.69, 9.17) is 20.2 Å². The number of hydrogen-bond acceptors (Lipinski definition) is 7. The Balaban J connectivity index is 1.98. The molecule has 0 aliphatic rings. The van der Waals surface area contributed by atoms with Gasteiger partial charge in [-0.15, -0.1) is 0 Å². The number of ether oxygens (including phenoxy) is 1. The normalized spacial score (nSPS) is 13.0. The standard InChI is InChI=1S/C20H27N3O5/c1-14(19(23-27)21-10-11-24)22-20(26)17-4-2-15(3-5-17)16-6-8-18(9-7-16)28-13-12-25/h2-9,14,19,21,23-25,27H,10-13H2,1H3,(H,22,26). The third-order valence-electron chi connectivity index (χ3n) is 4.17. The van der Waals surface area contributed by atoms with Gasteiger partial charge in [0.15, 0.2) is 0 Å². The van der Waals surface area contributed by atoms with Crippen molar-refractivity contribution >= 4 is 5.91 Å². The molecule has 6 N–H and O–H groups in total. The van der Waals surface area contributed by atoms with Gasteiger partial charge in [-0.1, -0.05) is 24.3 Å². The monoisotopic (exact) mass is 389 g/mol. The number of hydrogen-bond donors (Lipinski definition) is 6. The van der Waals surface area contributed by atoms with E-state index in [1.54, 1.807) is 19.1 Å². The Morgan fingerprint density at radius 2 is 1.61 bits per heavy atom. The lowest BCUT2D eigenvalue weighted by molar-refractivity contribution is 0.0775. The number of aliphatic hydroxyl groups excluding tert-OH is 2. The molecule has 1 amide bonds. The molecular formula is C20H27N3O5. The summed E-state index contributed by atoms with van der Waals surface area (Å²) in [6.45, 7) is 2.18. The molecule has 8 nitrogen and oxygen atoms in total.